The number of primary amides is 1. The van der Waals surface area contributed by atoms with Crippen molar-refractivity contribution in [3.63, 3.8) is 0 Å². The van der Waals surface area contributed by atoms with Gasteiger partial charge in [0.1, 0.15) is 6.54 Å². The summed E-state index contributed by atoms with van der Waals surface area (Å²) < 4.78 is 1.40. The van der Waals surface area contributed by atoms with Gasteiger partial charge in [-0.2, -0.15) is 0 Å². The molecule has 1 aromatic rings. The molecule has 0 spiro atoms. The van der Waals surface area contributed by atoms with Gasteiger partial charge in [0.15, 0.2) is 5.69 Å². The summed E-state index contributed by atoms with van der Waals surface area (Å²) >= 11 is 0. The highest BCUT2D eigenvalue weighted by Crippen LogP contribution is 2.17. The lowest BCUT2D eigenvalue weighted by molar-refractivity contribution is -0.122. The fourth-order valence-corrected chi connectivity index (χ4v) is 2.39. The van der Waals surface area contributed by atoms with E-state index in [0.29, 0.717) is 5.69 Å². The van der Waals surface area contributed by atoms with Gasteiger partial charge in [0, 0.05) is 6.04 Å². The van der Waals surface area contributed by atoms with Gasteiger partial charge >= 0.3 is 0 Å². The van der Waals surface area contributed by atoms with Gasteiger partial charge in [-0.05, 0) is 19.8 Å². The average molecular weight is 265 g/mol. The van der Waals surface area contributed by atoms with Crippen LogP contribution in [0.15, 0.2) is 0 Å². The molecule has 7 heteroatoms. The number of nitrogens with two attached hydrogens (primary N) is 1. The van der Waals surface area contributed by atoms with E-state index in [-0.39, 0.29) is 24.2 Å². The van der Waals surface area contributed by atoms with Gasteiger partial charge in [-0.3, -0.25) is 9.59 Å². The monoisotopic (exact) mass is 265 g/mol. The third-order valence-corrected chi connectivity index (χ3v) is 3.48. The van der Waals surface area contributed by atoms with E-state index in [4.69, 9.17) is 5.73 Å². The molecule has 1 aliphatic rings. The van der Waals surface area contributed by atoms with Crippen LogP contribution < -0.4 is 11.1 Å². The van der Waals surface area contributed by atoms with Crippen LogP contribution in [0, 0.1) is 6.92 Å². The molecule has 1 heterocycles. The van der Waals surface area contributed by atoms with Crippen molar-refractivity contribution < 1.29 is 9.59 Å². The maximum atomic E-state index is 11.9. The van der Waals surface area contributed by atoms with Crippen LogP contribution in [0.3, 0.4) is 0 Å². The Kier molecular flexibility index (Phi) is 4.13. The van der Waals surface area contributed by atoms with Gasteiger partial charge in [-0.1, -0.05) is 24.5 Å². The highest BCUT2D eigenvalue weighted by molar-refractivity contribution is 5.91. The summed E-state index contributed by atoms with van der Waals surface area (Å²) in [7, 11) is 0. The Morgan fingerprint density at radius 2 is 2.05 bits per heavy atom. The first kappa shape index (κ1) is 13.5. The van der Waals surface area contributed by atoms with Gasteiger partial charge in [0.2, 0.25) is 5.91 Å². The summed E-state index contributed by atoms with van der Waals surface area (Å²) in [5.41, 5.74) is 5.79. The smallest absolute Gasteiger partial charge is 0.271 e. The molecule has 104 valence electrons. The van der Waals surface area contributed by atoms with E-state index in [1.54, 1.807) is 6.92 Å². The first-order valence-electron chi connectivity index (χ1n) is 6.57. The SMILES string of the molecule is Cc1c(C(N)=O)nnn1CC(=O)NC1CCCCC1. The Bertz CT molecular complexity index is 476. The lowest BCUT2D eigenvalue weighted by Gasteiger charge is -2.22. The van der Waals surface area contributed by atoms with Crippen LogP contribution in [0.5, 0.6) is 0 Å². The maximum Gasteiger partial charge on any atom is 0.271 e. The zero-order valence-electron chi connectivity index (χ0n) is 11.1. The molecule has 0 bridgehead atoms. The highest BCUT2D eigenvalue weighted by atomic mass is 16.2. The fourth-order valence-electron chi connectivity index (χ4n) is 2.39. The Morgan fingerprint density at radius 1 is 1.37 bits per heavy atom. The Balaban J connectivity index is 1.93. The van der Waals surface area contributed by atoms with Gasteiger partial charge in [-0.25, -0.2) is 4.68 Å². The van der Waals surface area contributed by atoms with Crippen LogP contribution in [0.4, 0.5) is 0 Å². The van der Waals surface area contributed by atoms with Crippen LogP contribution in [0.2, 0.25) is 0 Å². The molecule has 7 nitrogen and oxygen atoms in total. The second-order valence-corrected chi connectivity index (χ2v) is 4.95. The molecule has 0 aromatic carbocycles. The van der Waals surface area contributed by atoms with Gasteiger partial charge < -0.3 is 11.1 Å². The van der Waals surface area contributed by atoms with Crippen molar-refractivity contribution in [2.24, 2.45) is 5.73 Å². The van der Waals surface area contributed by atoms with E-state index >= 15 is 0 Å². The summed E-state index contributed by atoms with van der Waals surface area (Å²) in [4.78, 5) is 22.9. The molecule has 0 aliphatic heterocycles. The Morgan fingerprint density at radius 3 is 2.63 bits per heavy atom. The summed E-state index contributed by atoms with van der Waals surface area (Å²) in [5, 5.41) is 10.4. The standard InChI is InChI=1S/C12H19N5O2/c1-8-11(12(13)19)15-16-17(8)7-10(18)14-9-5-3-2-4-6-9/h9H,2-7H2,1H3,(H2,13,19)(H,14,18). The number of amides is 2. The second-order valence-electron chi connectivity index (χ2n) is 4.95. The molecule has 1 fully saturated rings. The minimum Gasteiger partial charge on any atom is -0.364 e. The van der Waals surface area contributed by atoms with E-state index in [9.17, 15) is 9.59 Å². The van der Waals surface area contributed by atoms with Crippen molar-refractivity contribution in [2.75, 3.05) is 0 Å². The van der Waals surface area contributed by atoms with Crippen molar-refractivity contribution >= 4 is 11.8 Å². The third kappa shape index (κ3) is 3.30. The average Bonchev–Trinajstić information content (AvgIpc) is 2.72. The van der Waals surface area contributed by atoms with Crippen molar-refractivity contribution in [3.8, 4) is 0 Å². The van der Waals surface area contributed by atoms with E-state index in [1.807, 2.05) is 0 Å². The highest BCUT2D eigenvalue weighted by Gasteiger charge is 2.18. The maximum absolute atomic E-state index is 11.9. The minimum absolute atomic E-state index is 0.0720. The molecule has 19 heavy (non-hydrogen) atoms. The van der Waals surface area contributed by atoms with Crippen molar-refractivity contribution in [3.05, 3.63) is 11.4 Å². The van der Waals surface area contributed by atoms with Crippen LogP contribution >= 0.6 is 0 Å². The lowest BCUT2D eigenvalue weighted by Crippen LogP contribution is -2.38. The number of hydrogen-bond acceptors (Lipinski definition) is 4. The topological polar surface area (TPSA) is 103 Å². The van der Waals surface area contributed by atoms with E-state index < -0.39 is 5.91 Å². The van der Waals surface area contributed by atoms with Crippen molar-refractivity contribution in [1.82, 2.24) is 20.3 Å². The van der Waals surface area contributed by atoms with Crippen molar-refractivity contribution in [1.29, 1.82) is 0 Å². The normalized spacial score (nSPS) is 16.3. The zero-order valence-corrected chi connectivity index (χ0v) is 11.1. The number of carbonyl (C=O) groups is 2. The van der Waals surface area contributed by atoms with Gasteiger partial charge in [0.05, 0.1) is 5.69 Å². The molecule has 0 unspecified atom stereocenters. The fraction of sp³-hybridized carbons (Fsp3) is 0.667. The van der Waals surface area contributed by atoms with Gasteiger partial charge in [-0.15, -0.1) is 5.10 Å². The molecule has 1 saturated carbocycles. The summed E-state index contributed by atoms with van der Waals surface area (Å²) in [6.07, 6.45) is 5.65. The summed E-state index contributed by atoms with van der Waals surface area (Å²) in [6.45, 7) is 1.75. The number of nitrogens with one attached hydrogen (secondary N) is 1. The minimum atomic E-state index is -0.628. The molecule has 0 radical (unpaired) electrons. The summed E-state index contributed by atoms with van der Waals surface area (Å²) in [6, 6.07) is 0.265. The number of carbonyl (C=O) groups excluding carboxylic acids is 2. The second kappa shape index (κ2) is 5.81. The van der Waals surface area contributed by atoms with Crippen LogP contribution in [0.25, 0.3) is 0 Å². The van der Waals surface area contributed by atoms with Crippen LogP contribution in [-0.4, -0.2) is 32.9 Å². The summed E-state index contributed by atoms with van der Waals surface area (Å²) in [5.74, 6) is -0.729. The zero-order chi connectivity index (χ0) is 13.8. The quantitative estimate of drug-likeness (QED) is 0.807. The molecule has 0 atom stereocenters. The molecular weight excluding hydrogens is 246 g/mol. The molecular formula is C12H19N5O2. The first-order chi connectivity index (χ1) is 9.08. The number of aromatic nitrogens is 3. The Hall–Kier alpha value is -1.92. The lowest BCUT2D eigenvalue weighted by atomic mass is 9.95. The number of nitrogens with zero attached hydrogens (tertiary/aromatic N) is 3. The largest absolute Gasteiger partial charge is 0.364 e. The number of rotatable bonds is 4. The van der Waals surface area contributed by atoms with E-state index in [1.165, 1.54) is 23.9 Å². The van der Waals surface area contributed by atoms with Crippen molar-refractivity contribution in [2.45, 2.75) is 51.6 Å². The number of hydrogen-bond donors (Lipinski definition) is 2. The first-order valence-corrected chi connectivity index (χ1v) is 6.57. The van der Waals surface area contributed by atoms with Crippen LogP contribution in [-0.2, 0) is 11.3 Å². The molecule has 2 rings (SSSR count). The van der Waals surface area contributed by atoms with Gasteiger partial charge in [0.25, 0.3) is 5.91 Å². The third-order valence-electron chi connectivity index (χ3n) is 3.48. The molecule has 0 saturated heterocycles. The molecule has 1 aromatic heterocycles. The molecule has 1 aliphatic carbocycles. The van der Waals surface area contributed by atoms with Crippen LogP contribution in [0.1, 0.15) is 48.3 Å². The van der Waals surface area contributed by atoms with E-state index in [0.717, 1.165) is 12.8 Å². The predicted molar refractivity (Wildman–Crippen MR) is 68.3 cm³/mol. The van der Waals surface area contributed by atoms with E-state index in [2.05, 4.69) is 15.6 Å². The molecule has 3 N–H and O–H groups in total. The predicted octanol–water partition coefficient (Wildman–Crippen LogP) is 0.134. The Labute approximate surface area is 111 Å². The molecule has 2 amide bonds.